The van der Waals surface area contributed by atoms with Crippen molar-refractivity contribution in [1.29, 1.82) is 0 Å². The Kier molecular flexibility index (Phi) is 6.06. The first-order chi connectivity index (χ1) is 14.2. The van der Waals surface area contributed by atoms with Crippen molar-refractivity contribution >= 4 is 22.9 Å². The third kappa shape index (κ3) is 4.74. The Morgan fingerprint density at radius 2 is 1.48 bits per heavy atom. The van der Waals surface area contributed by atoms with Crippen LogP contribution in [0.15, 0.2) is 78.9 Å². The molecule has 5 heteroatoms. The molecule has 29 heavy (non-hydrogen) atoms. The molecule has 1 heterocycles. The summed E-state index contributed by atoms with van der Waals surface area (Å²) in [5.74, 6) is 0.652. The number of anilines is 1. The van der Waals surface area contributed by atoms with Gasteiger partial charge in [-0.2, -0.15) is 0 Å². The van der Waals surface area contributed by atoms with E-state index in [1.54, 1.807) is 6.07 Å². The fourth-order valence-electron chi connectivity index (χ4n) is 3.48. The Labute approximate surface area is 176 Å². The van der Waals surface area contributed by atoms with E-state index in [0.29, 0.717) is 12.3 Å². The lowest BCUT2D eigenvalue weighted by molar-refractivity contribution is 0.306. The maximum atomic E-state index is 14.0. The standard InChI is InChI=1S/C24H23FN2OS/c25-22-8-4-5-9-23(22)26-14-16-27(17-15-26)24(29)20-10-12-21(13-11-20)28-18-19-6-2-1-3-7-19/h1-13H,14-18H2. The van der Waals surface area contributed by atoms with Crippen LogP contribution in [0.5, 0.6) is 5.75 Å². The summed E-state index contributed by atoms with van der Waals surface area (Å²) in [7, 11) is 0. The summed E-state index contributed by atoms with van der Waals surface area (Å²) in [5.41, 5.74) is 2.81. The second-order valence-electron chi connectivity index (χ2n) is 7.03. The topological polar surface area (TPSA) is 15.7 Å². The van der Waals surface area contributed by atoms with E-state index in [9.17, 15) is 4.39 Å². The predicted molar refractivity (Wildman–Crippen MR) is 119 cm³/mol. The van der Waals surface area contributed by atoms with Crippen molar-refractivity contribution in [2.24, 2.45) is 0 Å². The molecular weight excluding hydrogens is 383 g/mol. The van der Waals surface area contributed by atoms with Crippen molar-refractivity contribution in [1.82, 2.24) is 4.90 Å². The molecule has 1 fully saturated rings. The van der Waals surface area contributed by atoms with E-state index in [2.05, 4.69) is 9.80 Å². The zero-order valence-corrected chi connectivity index (χ0v) is 16.9. The molecule has 0 unspecified atom stereocenters. The van der Waals surface area contributed by atoms with Crippen LogP contribution in [0, 0.1) is 5.82 Å². The van der Waals surface area contributed by atoms with Crippen molar-refractivity contribution in [2.45, 2.75) is 6.61 Å². The van der Waals surface area contributed by atoms with Crippen LogP contribution in [0.1, 0.15) is 11.1 Å². The summed E-state index contributed by atoms with van der Waals surface area (Å²) in [6, 6.07) is 25.0. The van der Waals surface area contributed by atoms with Gasteiger partial charge in [-0.15, -0.1) is 0 Å². The molecule has 1 aliphatic rings. The Bertz CT molecular complexity index is 954. The zero-order chi connectivity index (χ0) is 20.1. The molecule has 0 saturated carbocycles. The molecule has 0 radical (unpaired) electrons. The number of hydrogen-bond donors (Lipinski definition) is 0. The first-order valence-corrected chi connectivity index (χ1v) is 10.2. The molecule has 0 amide bonds. The van der Waals surface area contributed by atoms with E-state index in [0.717, 1.165) is 48.0 Å². The number of ether oxygens (including phenoxy) is 1. The Morgan fingerprint density at radius 1 is 0.828 bits per heavy atom. The molecule has 1 saturated heterocycles. The maximum absolute atomic E-state index is 14.0. The summed E-state index contributed by atoms with van der Waals surface area (Å²) in [6.45, 7) is 3.60. The van der Waals surface area contributed by atoms with Crippen LogP contribution in [0.3, 0.4) is 0 Å². The lowest BCUT2D eigenvalue weighted by atomic mass is 10.1. The van der Waals surface area contributed by atoms with Crippen molar-refractivity contribution in [3.63, 3.8) is 0 Å². The van der Waals surface area contributed by atoms with Crippen LogP contribution in [0.4, 0.5) is 10.1 Å². The van der Waals surface area contributed by atoms with Gasteiger partial charge in [0.25, 0.3) is 0 Å². The first kappa shape index (κ1) is 19.4. The second-order valence-corrected chi connectivity index (χ2v) is 7.42. The van der Waals surface area contributed by atoms with Gasteiger partial charge in [-0.25, -0.2) is 4.39 Å². The van der Waals surface area contributed by atoms with Gasteiger partial charge in [-0.05, 0) is 42.0 Å². The van der Waals surface area contributed by atoms with E-state index in [1.165, 1.54) is 6.07 Å². The normalized spacial score (nSPS) is 14.0. The second kappa shape index (κ2) is 9.05. The number of benzene rings is 3. The largest absolute Gasteiger partial charge is 0.489 e. The lowest BCUT2D eigenvalue weighted by Crippen LogP contribution is -2.48. The van der Waals surface area contributed by atoms with Crippen molar-refractivity contribution in [3.05, 3.63) is 95.8 Å². The molecular formula is C24H23FN2OS. The van der Waals surface area contributed by atoms with Crippen molar-refractivity contribution in [3.8, 4) is 5.75 Å². The summed E-state index contributed by atoms with van der Waals surface area (Å²) >= 11 is 5.70. The highest BCUT2D eigenvalue weighted by atomic mass is 32.1. The fraction of sp³-hybridized carbons (Fsp3) is 0.208. The predicted octanol–water partition coefficient (Wildman–Crippen LogP) is 4.90. The van der Waals surface area contributed by atoms with Crippen LogP contribution in [-0.4, -0.2) is 36.1 Å². The molecule has 0 N–H and O–H groups in total. The summed E-state index contributed by atoms with van der Waals surface area (Å²) in [6.07, 6.45) is 0. The number of nitrogens with zero attached hydrogens (tertiary/aromatic N) is 2. The van der Waals surface area contributed by atoms with E-state index < -0.39 is 0 Å². The van der Waals surface area contributed by atoms with Gasteiger partial charge in [0.15, 0.2) is 0 Å². The molecule has 0 bridgehead atoms. The smallest absolute Gasteiger partial charge is 0.146 e. The molecule has 3 aromatic carbocycles. The third-order valence-corrected chi connectivity index (χ3v) is 5.60. The average molecular weight is 407 g/mol. The summed E-state index contributed by atoms with van der Waals surface area (Å²) in [4.78, 5) is 5.09. The third-order valence-electron chi connectivity index (χ3n) is 5.11. The molecule has 1 aliphatic heterocycles. The highest BCUT2D eigenvalue weighted by Gasteiger charge is 2.21. The van der Waals surface area contributed by atoms with E-state index in [-0.39, 0.29) is 5.82 Å². The maximum Gasteiger partial charge on any atom is 0.146 e. The number of piperazine rings is 1. The van der Waals surface area contributed by atoms with Crippen LogP contribution < -0.4 is 9.64 Å². The van der Waals surface area contributed by atoms with Gasteiger partial charge in [-0.1, -0.05) is 54.7 Å². The number of rotatable bonds is 5. The van der Waals surface area contributed by atoms with Gasteiger partial charge >= 0.3 is 0 Å². The SMILES string of the molecule is Fc1ccccc1N1CCN(C(=S)c2ccc(OCc3ccccc3)cc2)CC1. The van der Waals surface area contributed by atoms with E-state index in [1.807, 2.05) is 66.7 Å². The van der Waals surface area contributed by atoms with Crippen LogP contribution in [0.25, 0.3) is 0 Å². The van der Waals surface area contributed by atoms with Gasteiger partial charge in [0.2, 0.25) is 0 Å². The Balaban J connectivity index is 1.32. The first-order valence-electron chi connectivity index (χ1n) is 9.76. The fourth-order valence-corrected chi connectivity index (χ4v) is 3.79. The Morgan fingerprint density at radius 3 is 2.17 bits per heavy atom. The molecule has 0 spiro atoms. The molecule has 148 valence electrons. The average Bonchev–Trinajstić information content (AvgIpc) is 2.79. The zero-order valence-electron chi connectivity index (χ0n) is 16.1. The van der Waals surface area contributed by atoms with E-state index >= 15 is 0 Å². The summed E-state index contributed by atoms with van der Waals surface area (Å²) in [5, 5.41) is 0. The molecule has 0 aliphatic carbocycles. The monoisotopic (exact) mass is 406 g/mol. The minimum atomic E-state index is -0.172. The van der Waals surface area contributed by atoms with Gasteiger partial charge in [-0.3, -0.25) is 0 Å². The summed E-state index contributed by atoms with van der Waals surface area (Å²) < 4.78 is 19.9. The molecule has 3 nitrogen and oxygen atoms in total. The minimum absolute atomic E-state index is 0.172. The van der Waals surface area contributed by atoms with Gasteiger partial charge in [0.1, 0.15) is 23.2 Å². The molecule has 0 aromatic heterocycles. The lowest BCUT2D eigenvalue weighted by Gasteiger charge is -2.37. The highest BCUT2D eigenvalue weighted by Crippen LogP contribution is 2.22. The molecule has 3 aromatic rings. The van der Waals surface area contributed by atoms with Crippen LogP contribution in [-0.2, 0) is 6.61 Å². The number of para-hydroxylation sites is 1. The Hall–Kier alpha value is -2.92. The van der Waals surface area contributed by atoms with Crippen molar-refractivity contribution in [2.75, 3.05) is 31.1 Å². The van der Waals surface area contributed by atoms with E-state index in [4.69, 9.17) is 17.0 Å². The highest BCUT2D eigenvalue weighted by molar-refractivity contribution is 7.80. The van der Waals surface area contributed by atoms with Gasteiger partial charge in [0.05, 0.1) is 5.69 Å². The van der Waals surface area contributed by atoms with Crippen LogP contribution >= 0.6 is 12.2 Å². The molecule has 0 atom stereocenters. The molecule has 4 rings (SSSR count). The number of halogens is 1. The number of thiocarbonyl (C=S) groups is 1. The number of hydrogen-bond acceptors (Lipinski definition) is 3. The quantitative estimate of drug-likeness (QED) is 0.560. The van der Waals surface area contributed by atoms with Crippen LogP contribution in [0.2, 0.25) is 0 Å². The minimum Gasteiger partial charge on any atom is -0.489 e. The van der Waals surface area contributed by atoms with Gasteiger partial charge < -0.3 is 14.5 Å². The van der Waals surface area contributed by atoms with Crippen molar-refractivity contribution < 1.29 is 9.13 Å². The van der Waals surface area contributed by atoms with Gasteiger partial charge in [0, 0.05) is 31.7 Å².